The van der Waals surface area contributed by atoms with E-state index in [0.29, 0.717) is 11.5 Å². The molecule has 1 unspecified atom stereocenters. The zero-order valence-corrected chi connectivity index (χ0v) is 11.5. The second-order valence-electron chi connectivity index (χ2n) is 4.69. The highest BCUT2D eigenvalue weighted by atomic mass is 16.5. The number of nitrogens with one attached hydrogen (secondary N) is 2. The van der Waals surface area contributed by atoms with Crippen molar-refractivity contribution in [2.24, 2.45) is 5.92 Å². The molecule has 2 amide bonds. The molecule has 106 valence electrons. The first-order valence-corrected chi connectivity index (χ1v) is 6.01. The van der Waals surface area contributed by atoms with Gasteiger partial charge in [-0.2, -0.15) is 0 Å². The molecule has 0 radical (unpaired) electrons. The Morgan fingerprint density at radius 1 is 1.37 bits per heavy atom. The Morgan fingerprint density at radius 2 is 2.00 bits per heavy atom. The minimum atomic E-state index is -1.05. The molecule has 1 atom stereocenters. The van der Waals surface area contributed by atoms with Crippen LogP contribution in [0.15, 0.2) is 4.52 Å². The number of carbonyl (C=O) groups is 2. The van der Waals surface area contributed by atoms with Crippen molar-refractivity contribution in [3.05, 3.63) is 17.0 Å². The van der Waals surface area contributed by atoms with Gasteiger partial charge in [-0.25, -0.2) is 9.59 Å². The van der Waals surface area contributed by atoms with E-state index < -0.39 is 18.0 Å². The molecule has 0 saturated carbocycles. The summed E-state index contributed by atoms with van der Waals surface area (Å²) in [5, 5.41) is 17.7. The molecule has 19 heavy (non-hydrogen) atoms. The second-order valence-corrected chi connectivity index (χ2v) is 4.69. The van der Waals surface area contributed by atoms with Gasteiger partial charge in [0.25, 0.3) is 0 Å². The second kappa shape index (κ2) is 6.21. The molecule has 0 aliphatic carbocycles. The molecule has 1 rings (SSSR count). The van der Waals surface area contributed by atoms with E-state index in [1.165, 1.54) is 0 Å². The first-order valence-electron chi connectivity index (χ1n) is 6.01. The summed E-state index contributed by atoms with van der Waals surface area (Å²) < 4.78 is 4.97. The van der Waals surface area contributed by atoms with Crippen LogP contribution in [0.4, 0.5) is 4.79 Å². The summed E-state index contributed by atoms with van der Waals surface area (Å²) in [6, 6.07) is -1.44. The van der Waals surface area contributed by atoms with E-state index in [4.69, 9.17) is 9.63 Å². The van der Waals surface area contributed by atoms with Crippen LogP contribution in [0.3, 0.4) is 0 Å². The van der Waals surface area contributed by atoms with Crippen molar-refractivity contribution in [2.75, 3.05) is 0 Å². The molecule has 0 saturated heterocycles. The fourth-order valence-electron chi connectivity index (χ4n) is 1.63. The van der Waals surface area contributed by atoms with E-state index in [0.717, 1.165) is 5.56 Å². The highest BCUT2D eigenvalue weighted by Crippen LogP contribution is 2.11. The van der Waals surface area contributed by atoms with Crippen LogP contribution in [-0.4, -0.2) is 28.3 Å². The van der Waals surface area contributed by atoms with Crippen LogP contribution in [0.1, 0.15) is 30.9 Å². The summed E-state index contributed by atoms with van der Waals surface area (Å²) in [5.41, 5.74) is 1.50. The van der Waals surface area contributed by atoms with E-state index in [-0.39, 0.29) is 12.5 Å². The Labute approximate surface area is 111 Å². The lowest BCUT2D eigenvalue weighted by Crippen LogP contribution is -2.48. The van der Waals surface area contributed by atoms with Crippen LogP contribution in [0, 0.1) is 19.8 Å². The van der Waals surface area contributed by atoms with Crippen molar-refractivity contribution in [3.63, 3.8) is 0 Å². The summed E-state index contributed by atoms with van der Waals surface area (Å²) in [5.74, 6) is -0.610. The third-order valence-electron chi connectivity index (χ3n) is 2.83. The Morgan fingerprint density at radius 3 is 2.42 bits per heavy atom. The zero-order valence-electron chi connectivity index (χ0n) is 11.5. The molecule has 0 aliphatic rings. The Bertz CT molecular complexity index is 448. The largest absolute Gasteiger partial charge is 0.480 e. The predicted molar refractivity (Wildman–Crippen MR) is 67.6 cm³/mol. The van der Waals surface area contributed by atoms with Gasteiger partial charge in [-0.1, -0.05) is 19.0 Å². The number of nitrogens with zero attached hydrogens (tertiary/aromatic N) is 1. The zero-order chi connectivity index (χ0) is 14.6. The van der Waals surface area contributed by atoms with Crippen LogP contribution >= 0.6 is 0 Å². The molecular formula is C12H19N3O4. The van der Waals surface area contributed by atoms with Gasteiger partial charge in [-0.15, -0.1) is 0 Å². The van der Waals surface area contributed by atoms with Crippen LogP contribution in [0.2, 0.25) is 0 Å². The number of rotatable bonds is 5. The Hall–Kier alpha value is -2.05. The molecular weight excluding hydrogens is 250 g/mol. The average molecular weight is 269 g/mol. The van der Waals surface area contributed by atoms with E-state index in [1.807, 2.05) is 0 Å². The number of hydrogen-bond acceptors (Lipinski definition) is 4. The smallest absolute Gasteiger partial charge is 0.326 e. The van der Waals surface area contributed by atoms with E-state index >= 15 is 0 Å². The summed E-state index contributed by atoms with van der Waals surface area (Å²) >= 11 is 0. The highest BCUT2D eigenvalue weighted by Gasteiger charge is 2.23. The van der Waals surface area contributed by atoms with Crippen molar-refractivity contribution >= 4 is 12.0 Å². The lowest BCUT2D eigenvalue weighted by atomic mass is 10.1. The summed E-state index contributed by atoms with van der Waals surface area (Å²) in [7, 11) is 0. The van der Waals surface area contributed by atoms with Crippen LogP contribution in [0.5, 0.6) is 0 Å². The molecule has 0 bridgehead atoms. The average Bonchev–Trinajstić information content (AvgIpc) is 2.62. The Kier molecular flexibility index (Phi) is 4.91. The lowest BCUT2D eigenvalue weighted by molar-refractivity contribution is -0.140. The number of amides is 2. The minimum Gasteiger partial charge on any atom is -0.480 e. The van der Waals surface area contributed by atoms with Crippen molar-refractivity contribution < 1.29 is 19.2 Å². The molecule has 1 heterocycles. The quantitative estimate of drug-likeness (QED) is 0.745. The fourth-order valence-corrected chi connectivity index (χ4v) is 1.63. The van der Waals surface area contributed by atoms with Gasteiger partial charge in [-0.3, -0.25) is 0 Å². The number of carboxylic acids is 1. The van der Waals surface area contributed by atoms with Crippen molar-refractivity contribution in [3.8, 4) is 0 Å². The summed E-state index contributed by atoms with van der Waals surface area (Å²) in [4.78, 5) is 22.6. The Balaban J connectivity index is 2.54. The van der Waals surface area contributed by atoms with Crippen molar-refractivity contribution in [2.45, 2.75) is 40.3 Å². The van der Waals surface area contributed by atoms with Gasteiger partial charge in [0.1, 0.15) is 11.8 Å². The number of urea groups is 1. The molecule has 0 spiro atoms. The van der Waals surface area contributed by atoms with E-state index in [1.54, 1.807) is 27.7 Å². The van der Waals surface area contributed by atoms with Crippen molar-refractivity contribution in [1.29, 1.82) is 0 Å². The maximum absolute atomic E-state index is 11.6. The van der Waals surface area contributed by atoms with Gasteiger partial charge in [-0.05, 0) is 19.8 Å². The van der Waals surface area contributed by atoms with Crippen LogP contribution < -0.4 is 10.6 Å². The maximum Gasteiger partial charge on any atom is 0.326 e. The number of aliphatic carboxylic acids is 1. The predicted octanol–water partition coefficient (Wildman–Crippen LogP) is 1.20. The molecule has 0 fully saturated rings. The van der Waals surface area contributed by atoms with Crippen molar-refractivity contribution in [1.82, 2.24) is 15.8 Å². The molecule has 3 N–H and O–H groups in total. The van der Waals surface area contributed by atoms with E-state index in [2.05, 4.69) is 15.8 Å². The number of hydrogen-bond donors (Lipinski definition) is 3. The molecule has 1 aromatic heterocycles. The van der Waals surface area contributed by atoms with Gasteiger partial charge >= 0.3 is 12.0 Å². The molecule has 0 aromatic carbocycles. The standard InChI is InChI=1S/C12H19N3O4/c1-6(2)10(11(16)17)14-12(18)13-5-9-7(3)15-19-8(9)4/h6,10H,5H2,1-4H3,(H,16,17)(H2,13,14,18). The van der Waals surface area contributed by atoms with Gasteiger partial charge in [0.2, 0.25) is 0 Å². The first kappa shape index (κ1) is 15.0. The van der Waals surface area contributed by atoms with Gasteiger partial charge in [0.05, 0.1) is 5.69 Å². The lowest BCUT2D eigenvalue weighted by Gasteiger charge is -2.18. The maximum atomic E-state index is 11.6. The number of carboxylic acid groups (broad SMARTS) is 1. The normalized spacial score (nSPS) is 12.3. The van der Waals surface area contributed by atoms with Crippen LogP contribution in [-0.2, 0) is 11.3 Å². The van der Waals surface area contributed by atoms with Gasteiger partial charge in [0, 0.05) is 12.1 Å². The molecule has 7 nitrogen and oxygen atoms in total. The third kappa shape index (κ3) is 3.97. The molecule has 1 aromatic rings. The first-order chi connectivity index (χ1) is 8.82. The van der Waals surface area contributed by atoms with Gasteiger partial charge < -0.3 is 20.3 Å². The fraction of sp³-hybridized carbons (Fsp3) is 0.583. The molecule has 0 aliphatic heterocycles. The monoisotopic (exact) mass is 269 g/mol. The highest BCUT2D eigenvalue weighted by molar-refractivity contribution is 5.82. The SMILES string of the molecule is Cc1noc(C)c1CNC(=O)NC(C(=O)O)C(C)C. The molecule has 7 heteroatoms. The number of carbonyl (C=O) groups excluding carboxylic acids is 1. The summed E-state index contributed by atoms with van der Waals surface area (Å²) in [6.07, 6.45) is 0. The van der Waals surface area contributed by atoms with Gasteiger partial charge in [0.15, 0.2) is 0 Å². The third-order valence-corrected chi connectivity index (χ3v) is 2.83. The number of aryl methyl sites for hydroxylation is 2. The topological polar surface area (TPSA) is 104 Å². The van der Waals surface area contributed by atoms with E-state index in [9.17, 15) is 9.59 Å². The summed E-state index contributed by atoms with van der Waals surface area (Å²) in [6.45, 7) is 7.24. The van der Waals surface area contributed by atoms with Crippen LogP contribution in [0.25, 0.3) is 0 Å². The minimum absolute atomic E-state index is 0.192. The number of aromatic nitrogens is 1.